The fourth-order valence-corrected chi connectivity index (χ4v) is 2.86. The highest BCUT2D eigenvalue weighted by atomic mass is 19.4. The zero-order chi connectivity index (χ0) is 15.0. The lowest BCUT2D eigenvalue weighted by molar-refractivity contribution is -0.138. The van der Waals surface area contributed by atoms with E-state index in [4.69, 9.17) is 5.11 Å². The molecule has 0 bridgehead atoms. The first-order valence-electron chi connectivity index (χ1n) is 6.59. The molecule has 1 heterocycles. The van der Waals surface area contributed by atoms with Gasteiger partial charge in [0.15, 0.2) is 5.69 Å². The Morgan fingerprint density at radius 2 is 2.00 bits per heavy atom. The van der Waals surface area contributed by atoms with E-state index in [-0.39, 0.29) is 12.0 Å². The van der Waals surface area contributed by atoms with E-state index in [9.17, 15) is 18.0 Å². The minimum absolute atomic E-state index is 0.183. The molecule has 1 aliphatic rings. The normalized spacial score (nSPS) is 19.0. The number of alkyl halides is 3. The Hall–Kier alpha value is -1.53. The first-order valence-corrected chi connectivity index (χ1v) is 6.59. The minimum atomic E-state index is -4.69. The molecule has 1 aromatic heterocycles. The van der Waals surface area contributed by atoms with Gasteiger partial charge in [0.2, 0.25) is 0 Å². The lowest BCUT2D eigenvalue weighted by Crippen LogP contribution is -2.29. The van der Waals surface area contributed by atoms with E-state index in [1.165, 1.54) is 0 Å². The van der Waals surface area contributed by atoms with E-state index in [2.05, 4.69) is 5.10 Å². The average molecular weight is 290 g/mol. The third-order valence-electron chi connectivity index (χ3n) is 3.94. The summed E-state index contributed by atoms with van der Waals surface area (Å²) >= 11 is 0. The highest BCUT2D eigenvalue weighted by Crippen LogP contribution is 2.38. The molecule has 1 N–H and O–H groups in total. The van der Waals surface area contributed by atoms with E-state index in [1.807, 2.05) is 6.92 Å². The Balaban J connectivity index is 2.33. The highest BCUT2D eigenvalue weighted by Gasteiger charge is 2.40. The predicted octanol–water partition coefficient (Wildman–Crippen LogP) is 3.57. The molecule has 1 saturated carbocycles. The van der Waals surface area contributed by atoms with Gasteiger partial charge in [-0.3, -0.25) is 4.68 Å². The zero-order valence-corrected chi connectivity index (χ0v) is 11.2. The summed E-state index contributed by atoms with van der Waals surface area (Å²) in [6.07, 6.45) is 0.836. The van der Waals surface area contributed by atoms with E-state index in [0.29, 0.717) is 6.20 Å². The van der Waals surface area contributed by atoms with Gasteiger partial charge in [0.1, 0.15) is 5.56 Å². The van der Waals surface area contributed by atoms with Crippen molar-refractivity contribution < 1.29 is 23.1 Å². The molecule has 1 aliphatic carbocycles. The van der Waals surface area contributed by atoms with Gasteiger partial charge < -0.3 is 5.11 Å². The number of aromatic carboxylic acids is 1. The molecule has 4 nitrogen and oxygen atoms in total. The third kappa shape index (κ3) is 2.96. The van der Waals surface area contributed by atoms with E-state index in [1.54, 1.807) is 0 Å². The Kier molecular flexibility index (Phi) is 3.80. The maximum absolute atomic E-state index is 12.8. The van der Waals surface area contributed by atoms with Crippen LogP contribution in [0.1, 0.15) is 55.1 Å². The maximum atomic E-state index is 12.8. The largest absolute Gasteiger partial charge is 0.477 e. The van der Waals surface area contributed by atoms with Crippen LogP contribution in [0.5, 0.6) is 0 Å². The van der Waals surface area contributed by atoms with Crippen molar-refractivity contribution in [2.75, 3.05) is 0 Å². The molecular formula is C13H17F3N2O2. The van der Waals surface area contributed by atoms with Crippen LogP contribution < -0.4 is 0 Å². The predicted molar refractivity (Wildman–Crippen MR) is 65.4 cm³/mol. The van der Waals surface area contributed by atoms with Crippen molar-refractivity contribution >= 4 is 5.97 Å². The third-order valence-corrected chi connectivity index (χ3v) is 3.94. The summed E-state index contributed by atoms with van der Waals surface area (Å²) in [5.74, 6) is -1.59. The van der Waals surface area contributed by atoms with Crippen molar-refractivity contribution in [2.45, 2.75) is 51.7 Å². The topological polar surface area (TPSA) is 55.1 Å². The monoisotopic (exact) mass is 290 g/mol. The van der Waals surface area contributed by atoms with Crippen molar-refractivity contribution in [1.82, 2.24) is 9.78 Å². The summed E-state index contributed by atoms with van der Waals surface area (Å²) in [6, 6.07) is 0. The van der Waals surface area contributed by atoms with Crippen LogP contribution in [0.2, 0.25) is 0 Å². The van der Waals surface area contributed by atoms with Gasteiger partial charge in [-0.05, 0) is 18.3 Å². The Morgan fingerprint density at radius 1 is 1.40 bits per heavy atom. The number of aromatic nitrogens is 2. The summed E-state index contributed by atoms with van der Waals surface area (Å²) in [6.45, 7) is 2.19. The van der Waals surface area contributed by atoms with Gasteiger partial charge in [-0.2, -0.15) is 18.3 Å². The number of rotatable bonds is 3. The summed E-state index contributed by atoms with van der Waals surface area (Å²) in [7, 11) is 0. The number of nitrogens with zero attached hydrogens (tertiary/aromatic N) is 2. The fraction of sp³-hybridized carbons (Fsp3) is 0.692. The van der Waals surface area contributed by atoms with E-state index < -0.39 is 23.4 Å². The van der Waals surface area contributed by atoms with Crippen LogP contribution in [0.25, 0.3) is 0 Å². The Labute approximate surface area is 114 Å². The SMILES string of the molecule is CC1(Cn2ncc(C(F)(F)F)c2C(=O)O)CCCCC1. The van der Waals surface area contributed by atoms with Gasteiger partial charge in [0.25, 0.3) is 0 Å². The second kappa shape index (κ2) is 5.10. The molecule has 1 fully saturated rings. The molecule has 0 spiro atoms. The standard InChI is InChI=1S/C13H17F3N2O2/c1-12(5-3-2-4-6-12)8-18-10(11(19)20)9(7-17-18)13(14,15)16/h7H,2-6,8H2,1H3,(H,19,20). The van der Waals surface area contributed by atoms with Crippen LogP contribution >= 0.6 is 0 Å². The van der Waals surface area contributed by atoms with Gasteiger partial charge >= 0.3 is 12.1 Å². The number of carboxylic acids is 1. The molecule has 0 atom stereocenters. The van der Waals surface area contributed by atoms with Crippen LogP contribution in [-0.4, -0.2) is 20.9 Å². The van der Waals surface area contributed by atoms with Crippen molar-refractivity contribution in [1.29, 1.82) is 0 Å². The quantitative estimate of drug-likeness (QED) is 0.925. The first-order chi connectivity index (χ1) is 9.23. The molecule has 112 valence electrons. The zero-order valence-electron chi connectivity index (χ0n) is 11.2. The molecule has 20 heavy (non-hydrogen) atoms. The van der Waals surface area contributed by atoms with Gasteiger partial charge in [-0.1, -0.05) is 26.2 Å². The molecule has 0 amide bonds. The summed E-state index contributed by atoms with van der Waals surface area (Å²) in [5, 5.41) is 12.7. The Morgan fingerprint density at radius 3 is 2.50 bits per heavy atom. The second-order valence-corrected chi connectivity index (χ2v) is 5.74. The summed E-state index contributed by atoms with van der Waals surface area (Å²) in [4.78, 5) is 11.1. The van der Waals surface area contributed by atoms with Crippen molar-refractivity contribution in [3.05, 3.63) is 17.5 Å². The highest BCUT2D eigenvalue weighted by molar-refractivity contribution is 5.87. The van der Waals surface area contributed by atoms with Crippen molar-refractivity contribution in [2.24, 2.45) is 5.41 Å². The smallest absolute Gasteiger partial charge is 0.420 e. The van der Waals surface area contributed by atoms with Crippen molar-refractivity contribution in [3.63, 3.8) is 0 Å². The van der Waals surface area contributed by atoms with Gasteiger partial charge in [-0.25, -0.2) is 4.79 Å². The number of carboxylic acid groups (broad SMARTS) is 1. The second-order valence-electron chi connectivity index (χ2n) is 5.74. The number of carbonyl (C=O) groups is 1. The molecule has 2 rings (SSSR count). The van der Waals surface area contributed by atoms with Crippen LogP contribution in [0.3, 0.4) is 0 Å². The molecule has 0 saturated heterocycles. The average Bonchev–Trinajstić information content (AvgIpc) is 2.72. The number of hydrogen-bond acceptors (Lipinski definition) is 2. The van der Waals surface area contributed by atoms with Gasteiger partial charge in [0.05, 0.1) is 6.20 Å². The molecule has 1 aromatic rings. The van der Waals surface area contributed by atoms with Crippen LogP contribution in [-0.2, 0) is 12.7 Å². The molecule has 0 aliphatic heterocycles. The maximum Gasteiger partial charge on any atom is 0.420 e. The molecule has 7 heteroatoms. The van der Waals surface area contributed by atoms with Crippen LogP contribution in [0, 0.1) is 5.41 Å². The molecule has 0 aromatic carbocycles. The Bertz CT molecular complexity index is 502. The first kappa shape index (κ1) is 14.9. The fourth-order valence-electron chi connectivity index (χ4n) is 2.86. The lowest BCUT2D eigenvalue weighted by atomic mass is 9.76. The summed E-state index contributed by atoms with van der Waals surface area (Å²) in [5.41, 5.74) is -2.12. The molecular weight excluding hydrogens is 273 g/mol. The van der Waals surface area contributed by atoms with E-state index in [0.717, 1.165) is 36.8 Å². The van der Waals surface area contributed by atoms with Crippen LogP contribution in [0.15, 0.2) is 6.20 Å². The number of hydrogen-bond donors (Lipinski definition) is 1. The number of halogens is 3. The van der Waals surface area contributed by atoms with Gasteiger partial charge in [-0.15, -0.1) is 0 Å². The molecule has 0 radical (unpaired) electrons. The van der Waals surface area contributed by atoms with E-state index >= 15 is 0 Å². The van der Waals surface area contributed by atoms with Gasteiger partial charge in [0, 0.05) is 6.54 Å². The lowest BCUT2D eigenvalue weighted by Gasteiger charge is -2.33. The van der Waals surface area contributed by atoms with Crippen LogP contribution in [0.4, 0.5) is 13.2 Å². The summed E-state index contributed by atoms with van der Waals surface area (Å²) < 4.78 is 39.3. The molecule has 0 unspecified atom stereocenters. The van der Waals surface area contributed by atoms with Crippen molar-refractivity contribution in [3.8, 4) is 0 Å². The minimum Gasteiger partial charge on any atom is -0.477 e.